The minimum Gasteiger partial charge on any atom is -0.289 e. The monoisotopic (exact) mass is 989 g/mol. The van der Waals surface area contributed by atoms with Crippen molar-refractivity contribution in [2.24, 2.45) is 0 Å². The molecule has 0 fully saturated rings. The van der Waals surface area contributed by atoms with E-state index >= 15 is 0 Å². The Morgan fingerprint density at radius 1 is 0.382 bits per heavy atom. The van der Waals surface area contributed by atoms with Gasteiger partial charge in [-0.15, -0.1) is 0 Å². The van der Waals surface area contributed by atoms with Crippen molar-refractivity contribution < 1.29 is 31.5 Å². The van der Waals surface area contributed by atoms with Crippen LogP contribution in [0.25, 0.3) is 11.1 Å². The third-order valence-electron chi connectivity index (χ3n) is 13.6. The first-order chi connectivity index (χ1) is 32.8. The van der Waals surface area contributed by atoms with E-state index in [9.17, 15) is 41.9 Å². The highest BCUT2D eigenvalue weighted by Crippen LogP contribution is 2.49. The van der Waals surface area contributed by atoms with Crippen molar-refractivity contribution in [2.75, 3.05) is 26.2 Å². The first-order valence-corrected chi connectivity index (χ1v) is 29.9. The molecular weight excluding hydrogens is 901 g/mol. The van der Waals surface area contributed by atoms with Gasteiger partial charge in [0.2, 0.25) is 20.0 Å². The Hall–Kier alpha value is -3.27. The van der Waals surface area contributed by atoms with Gasteiger partial charge >= 0.3 is 0 Å². The number of hydrogen-bond donors (Lipinski definition) is 0. The van der Waals surface area contributed by atoms with Crippen molar-refractivity contribution in [2.45, 2.75) is 243 Å². The van der Waals surface area contributed by atoms with Gasteiger partial charge in [0.25, 0.3) is 11.4 Å². The van der Waals surface area contributed by atoms with Gasteiger partial charge in [0.05, 0.1) is 30.8 Å². The van der Waals surface area contributed by atoms with Crippen LogP contribution >= 0.6 is 0 Å². The summed E-state index contributed by atoms with van der Waals surface area (Å²) in [6.45, 7) is 9.55. The van der Waals surface area contributed by atoms with Crippen LogP contribution in [0.4, 0.5) is 11.4 Å². The van der Waals surface area contributed by atoms with Gasteiger partial charge in [-0.05, 0) is 37.8 Å². The van der Waals surface area contributed by atoms with E-state index in [1.807, 2.05) is 0 Å². The largest absolute Gasteiger partial charge is 0.289 e. The number of sulfonamides is 2. The molecule has 0 bridgehead atoms. The second kappa shape index (κ2) is 32.6. The van der Waals surface area contributed by atoms with Crippen LogP contribution < -0.4 is 0 Å². The Kier molecular flexibility index (Phi) is 28.3. The number of nitro benzene ring substituents is 2. The number of nitro groups is 2. The maximum atomic E-state index is 14.6. The molecule has 0 heterocycles. The lowest BCUT2D eigenvalue weighted by atomic mass is 10.0. The Labute approximate surface area is 411 Å². The van der Waals surface area contributed by atoms with E-state index in [0.717, 1.165) is 153 Å². The number of fused-ring (bicyclic) bond motifs is 3. The lowest BCUT2D eigenvalue weighted by molar-refractivity contribution is -0.386. The predicted molar refractivity (Wildman–Crippen MR) is 277 cm³/mol. The van der Waals surface area contributed by atoms with Crippen molar-refractivity contribution in [1.29, 1.82) is 0 Å². The second-order valence-corrected chi connectivity index (χ2v) is 23.2. The number of carbonyl (C=O) groups excluding carboxylic acids is 1. The van der Waals surface area contributed by atoms with Gasteiger partial charge in [-0.3, -0.25) is 25.0 Å². The van der Waals surface area contributed by atoms with Crippen LogP contribution in [0.1, 0.15) is 249 Å². The van der Waals surface area contributed by atoms with Gasteiger partial charge in [0.15, 0.2) is 5.78 Å². The predicted octanol–water partition coefficient (Wildman–Crippen LogP) is 15.3. The third-order valence-corrected chi connectivity index (χ3v) is 17.4. The third kappa shape index (κ3) is 18.8. The molecule has 0 saturated carbocycles. The minimum absolute atomic E-state index is 0.216. The van der Waals surface area contributed by atoms with E-state index in [2.05, 4.69) is 27.7 Å². The molecule has 386 valence electrons. The highest BCUT2D eigenvalue weighted by molar-refractivity contribution is 7.89. The summed E-state index contributed by atoms with van der Waals surface area (Å²) in [5, 5.41) is 25.7. The normalized spacial score (nSPS) is 12.6. The second-order valence-electron chi connectivity index (χ2n) is 19.3. The SMILES string of the molecule is CCCCCCCCCCN(CCCCCCCCCC)S(=O)(=O)c1cc2c(c([N+](=O)[O-])c1)-c1c(cc(S(=O)(=O)N(CCCCCCCCCC)CCCCCCCCCC)cc1[N+](=O)[O-])C2=O. The molecule has 3 rings (SSSR count). The lowest BCUT2D eigenvalue weighted by Crippen LogP contribution is -2.33. The Morgan fingerprint density at radius 2 is 0.603 bits per heavy atom. The van der Waals surface area contributed by atoms with E-state index in [4.69, 9.17) is 0 Å². The molecule has 0 unspecified atom stereocenters. The molecule has 2 aromatic carbocycles. The summed E-state index contributed by atoms with van der Waals surface area (Å²) in [5.74, 6) is -0.884. The fourth-order valence-corrected chi connectivity index (χ4v) is 12.6. The summed E-state index contributed by atoms with van der Waals surface area (Å²) in [6, 6.07) is 4.02. The molecular formula is C53H88N4O9S2. The van der Waals surface area contributed by atoms with Crippen LogP contribution in [0.3, 0.4) is 0 Å². The molecule has 2 aromatic rings. The zero-order valence-corrected chi connectivity index (χ0v) is 44.2. The maximum Gasteiger partial charge on any atom is 0.279 e. The fraction of sp³-hybridized carbons (Fsp3) is 0.755. The summed E-state index contributed by atoms with van der Waals surface area (Å²) in [4.78, 5) is 37.6. The molecule has 0 amide bonds. The maximum absolute atomic E-state index is 14.6. The van der Waals surface area contributed by atoms with Crippen molar-refractivity contribution in [1.82, 2.24) is 8.61 Å². The lowest BCUT2D eigenvalue weighted by Gasteiger charge is -2.23. The van der Waals surface area contributed by atoms with Crippen molar-refractivity contribution in [3.8, 4) is 11.1 Å². The highest BCUT2D eigenvalue weighted by atomic mass is 32.2. The number of rotatable bonds is 42. The van der Waals surface area contributed by atoms with Crippen LogP contribution in [-0.4, -0.2) is 67.3 Å². The van der Waals surface area contributed by atoms with E-state index in [1.54, 1.807) is 0 Å². The number of ketones is 1. The smallest absolute Gasteiger partial charge is 0.279 e. The van der Waals surface area contributed by atoms with Gasteiger partial charge in [0.1, 0.15) is 0 Å². The van der Waals surface area contributed by atoms with E-state index in [-0.39, 0.29) is 48.4 Å². The average Bonchev–Trinajstić information content (AvgIpc) is 3.60. The summed E-state index contributed by atoms with van der Waals surface area (Å²) < 4.78 is 61.0. The Balaban J connectivity index is 1.98. The van der Waals surface area contributed by atoms with Gasteiger partial charge < -0.3 is 0 Å². The molecule has 0 saturated heterocycles. The molecule has 0 radical (unpaired) electrons. The van der Waals surface area contributed by atoms with Gasteiger partial charge in [-0.25, -0.2) is 16.8 Å². The zero-order chi connectivity index (χ0) is 49.8. The number of nitrogens with zero attached hydrogens (tertiary/aromatic N) is 4. The van der Waals surface area contributed by atoms with Crippen molar-refractivity contribution in [3.63, 3.8) is 0 Å². The molecule has 0 atom stereocenters. The fourth-order valence-electron chi connectivity index (χ4n) is 9.51. The van der Waals surface area contributed by atoms with Gasteiger partial charge in [0, 0.05) is 49.4 Å². The Bertz CT molecular complexity index is 1880. The van der Waals surface area contributed by atoms with E-state index < -0.39 is 56.8 Å². The van der Waals surface area contributed by atoms with Gasteiger partial charge in [-0.1, -0.05) is 207 Å². The summed E-state index contributed by atoms with van der Waals surface area (Å²) in [5.41, 5.74) is -2.96. The minimum atomic E-state index is -4.37. The molecule has 68 heavy (non-hydrogen) atoms. The zero-order valence-electron chi connectivity index (χ0n) is 42.5. The van der Waals surface area contributed by atoms with Crippen molar-refractivity contribution in [3.05, 3.63) is 55.6 Å². The first kappa shape index (κ1) is 59.0. The van der Waals surface area contributed by atoms with E-state index in [0.29, 0.717) is 25.7 Å². The number of hydrogen-bond acceptors (Lipinski definition) is 9. The number of benzene rings is 2. The van der Waals surface area contributed by atoms with Crippen molar-refractivity contribution >= 4 is 37.2 Å². The molecule has 1 aliphatic carbocycles. The van der Waals surface area contributed by atoms with E-state index in [1.165, 1.54) is 60.0 Å². The Morgan fingerprint density at radius 3 is 0.824 bits per heavy atom. The first-order valence-electron chi connectivity index (χ1n) is 27.0. The molecule has 0 aliphatic heterocycles. The topological polar surface area (TPSA) is 178 Å². The summed E-state index contributed by atoms with van der Waals surface area (Å²) >= 11 is 0. The quantitative estimate of drug-likeness (QED) is 0.0303. The van der Waals surface area contributed by atoms with Crippen LogP contribution in [0.15, 0.2) is 34.1 Å². The standard InChI is InChI=1S/C53H88N4O9S2/c1-5-9-13-17-21-25-29-33-37-54(38-34-30-26-22-18-14-10-6-2)67(63,64)45-41-47-51(49(43-45)56(59)60)52-48(53(47)58)42-46(44-50(52)57(61)62)68(65,66)55(39-35-31-27-23-19-15-11-7-3)40-36-32-28-24-20-16-12-8-4/h41-44H,5-40H2,1-4H3. The highest BCUT2D eigenvalue weighted by Gasteiger charge is 2.43. The molecule has 0 spiro atoms. The van der Waals surface area contributed by atoms with Gasteiger partial charge in [-0.2, -0.15) is 8.61 Å². The summed E-state index contributed by atoms with van der Waals surface area (Å²) in [6.07, 6.45) is 32.5. The molecule has 15 heteroatoms. The summed E-state index contributed by atoms with van der Waals surface area (Å²) in [7, 11) is -8.73. The van der Waals surface area contributed by atoms with Crippen LogP contribution in [0.5, 0.6) is 0 Å². The number of carbonyl (C=O) groups is 1. The van der Waals surface area contributed by atoms with Crippen LogP contribution in [-0.2, 0) is 20.0 Å². The molecule has 1 aliphatic rings. The molecule has 0 aromatic heterocycles. The molecule has 0 N–H and O–H groups in total. The van der Waals surface area contributed by atoms with Crippen LogP contribution in [0, 0.1) is 20.2 Å². The molecule has 13 nitrogen and oxygen atoms in total. The van der Waals surface area contributed by atoms with Crippen LogP contribution in [0.2, 0.25) is 0 Å². The number of unbranched alkanes of at least 4 members (excludes halogenated alkanes) is 28. The average molecular weight is 989 g/mol.